The third kappa shape index (κ3) is 4.74. The zero-order valence-corrected chi connectivity index (χ0v) is 15.2. The van der Waals surface area contributed by atoms with Gasteiger partial charge in [0.05, 0.1) is 5.75 Å². The van der Waals surface area contributed by atoms with Gasteiger partial charge < -0.3 is 10.2 Å². The molecule has 0 unspecified atom stereocenters. The minimum absolute atomic E-state index is 0.0323. The normalized spacial score (nSPS) is 17.6. The van der Waals surface area contributed by atoms with E-state index in [2.05, 4.69) is 26.1 Å². The summed E-state index contributed by atoms with van der Waals surface area (Å²) in [5.41, 5.74) is 2.30. The molecular formula is C18H26N2O2S. The van der Waals surface area contributed by atoms with Crippen LogP contribution in [0, 0.1) is 0 Å². The van der Waals surface area contributed by atoms with Gasteiger partial charge in [0, 0.05) is 24.3 Å². The molecule has 1 aliphatic heterocycles. The van der Waals surface area contributed by atoms with Crippen molar-refractivity contribution in [1.82, 2.24) is 10.2 Å². The van der Waals surface area contributed by atoms with E-state index < -0.39 is 6.04 Å². The zero-order valence-electron chi connectivity index (χ0n) is 14.4. The average Bonchev–Trinajstić information content (AvgIpc) is 2.50. The molecule has 0 saturated carbocycles. The predicted molar refractivity (Wildman–Crippen MR) is 95.4 cm³/mol. The first kappa shape index (κ1) is 17.9. The Morgan fingerprint density at radius 3 is 2.52 bits per heavy atom. The first-order valence-corrected chi connectivity index (χ1v) is 9.08. The molecule has 0 spiro atoms. The van der Waals surface area contributed by atoms with E-state index in [1.807, 2.05) is 31.2 Å². The van der Waals surface area contributed by atoms with Crippen LogP contribution in [0.15, 0.2) is 24.3 Å². The summed E-state index contributed by atoms with van der Waals surface area (Å²) in [7, 11) is 0. The molecular weight excluding hydrogens is 308 g/mol. The smallest absolute Gasteiger partial charge is 0.243 e. The first-order chi connectivity index (χ1) is 10.8. The summed E-state index contributed by atoms with van der Waals surface area (Å²) in [5, 5.41) is 2.86. The number of fused-ring (bicyclic) bond motifs is 1. The van der Waals surface area contributed by atoms with E-state index in [1.165, 1.54) is 0 Å². The molecule has 0 aliphatic carbocycles. The third-order valence-electron chi connectivity index (χ3n) is 3.85. The predicted octanol–water partition coefficient (Wildman–Crippen LogP) is 2.61. The number of benzene rings is 1. The molecule has 1 aliphatic rings. The summed E-state index contributed by atoms with van der Waals surface area (Å²) in [6.45, 7) is 9.28. The minimum atomic E-state index is -0.405. The lowest BCUT2D eigenvalue weighted by atomic mass is 9.93. The van der Waals surface area contributed by atoms with Crippen molar-refractivity contribution in [2.24, 2.45) is 0 Å². The SMILES string of the molecule is CCNC(=O)[C@H]1Cc2ccccc2CN1C(=O)CSC(C)(C)C. The van der Waals surface area contributed by atoms with Crippen LogP contribution < -0.4 is 5.32 Å². The Balaban J connectivity index is 2.19. The Kier molecular flexibility index (Phi) is 5.74. The van der Waals surface area contributed by atoms with Gasteiger partial charge in [-0.1, -0.05) is 45.0 Å². The van der Waals surface area contributed by atoms with Crippen LogP contribution in [0.5, 0.6) is 0 Å². The van der Waals surface area contributed by atoms with Gasteiger partial charge in [-0.05, 0) is 18.1 Å². The van der Waals surface area contributed by atoms with Crippen molar-refractivity contribution in [3.8, 4) is 0 Å². The zero-order chi connectivity index (χ0) is 17.0. The number of hydrogen-bond acceptors (Lipinski definition) is 3. The summed E-state index contributed by atoms with van der Waals surface area (Å²) >= 11 is 1.62. The van der Waals surface area contributed by atoms with Crippen LogP contribution >= 0.6 is 11.8 Å². The molecule has 23 heavy (non-hydrogen) atoms. The second-order valence-electron chi connectivity index (χ2n) is 6.81. The van der Waals surface area contributed by atoms with E-state index in [1.54, 1.807) is 16.7 Å². The second-order valence-corrected chi connectivity index (χ2v) is 8.61. The fourth-order valence-corrected chi connectivity index (χ4v) is 3.39. The topological polar surface area (TPSA) is 49.4 Å². The van der Waals surface area contributed by atoms with E-state index in [-0.39, 0.29) is 16.6 Å². The Hall–Kier alpha value is -1.49. The van der Waals surface area contributed by atoms with Gasteiger partial charge in [-0.2, -0.15) is 0 Å². The Bertz CT molecular complexity index is 581. The van der Waals surface area contributed by atoms with Gasteiger partial charge in [0.15, 0.2) is 0 Å². The molecule has 1 aromatic rings. The number of nitrogens with one attached hydrogen (secondary N) is 1. The molecule has 4 nitrogen and oxygen atoms in total. The maximum atomic E-state index is 12.7. The number of amides is 2. The number of nitrogens with zero attached hydrogens (tertiary/aromatic N) is 1. The lowest BCUT2D eigenvalue weighted by Crippen LogP contribution is -2.53. The van der Waals surface area contributed by atoms with Gasteiger partial charge >= 0.3 is 0 Å². The molecule has 1 aromatic carbocycles. The van der Waals surface area contributed by atoms with Crippen molar-refractivity contribution in [3.05, 3.63) is 35.4 Å². The van der Waals surface area contributed by atoms with E-state index in [4.69, 9.17) is 0 Å². The highest BCUT2D eigenvalue weighted by molar-refractivity contribution is 8.01. The van der Waals surface area contributed by atoms with E-state index >= 15 is 0 Å². The number of hydrogen-bond donors (Lipinski definition) is 1. The lowest BCUT2D eigenvalue weighted by molar-refractivity contribution is -0.139. The molecule has 0 fully saturated rings. The monoisotopic (exact) mass is 334 g/mol. The molecule has 2 amide bonds. The van der Waals surface area contributed by atoms with Crippen LogP contribution in [-0.4, -0.2) is 39.8 Å². The van der Waals surface area contributed by atoms with Crippen LogP contribution in [-0.2, 0) is 22.6 Å². The van der Waals surface area contributed by atoms with E-state index in [0.717, 1.165) is 11.1 Å². The van der Waals surface area contributed by atoms with Gasteiger partial charge in [0.1, 0.15) is 6.04 Å². The van der Waals surface area contributed by atoms with Crippen LogP contribution in [0.4, 0.5) is 0 Å². The summed E-state index contributed by atoms with van der Waals surface area (Å²) in [5.74, 6) is 0.383. The number of carbonyl (C=O) groups is 2. The largest absolute Gasteiger partial charge is 0.355 e. The van der Waals surface area contributed by atoms with E-state index in [9.17, 15) is 9.59 Å². The van der Waals surface area contributed by atoms with Crippen molar-refractivity contribution in [2.75, 3.05) is 12.3 Å². The minimum Gasteiger partial charge on any atom is -0.355 e. The molecule has 1 atom stereocenters. The Labute approximate surface area is 143 Å². The first-order valence-electron chi connectivity index (χ1n) is 8.09. The highest BCUT2D eigenvalue weighted by Gasteiger charge is 2.34. The number of rotatable bonds is 4. The number of likely N-dealkylation sites (N-methyl/N-ethyl adjacent to an activating group) is 1. The van der Waals surface area contributed by atoms with E-state index in [0.29, 0.717) is 25.3 Å². The van der Waals surface area contributed by atoms with Crippen molar-refractivity contribution in [1.29, 1.82) is 0 Å². The van der Waals surface area contributed by atoms with Crippen LogP contribution in [0.1, 0.15) is 38.8 Å². The summed E-state index contributed by atoms with van der Waals surface area (Å²) in [4.78, 5) is 26.9. The molecule has 0 saturated heterocycles. The lowest BCUT2D eigenvalue weighted by Gasteiger charge is -2.36. The van der Waals surface area contributed by atoms with Crippen molar-refractivity contribution in [3.63, 3.8) is 0 Å². The van der Waals surface area contributed by atoms with Crippen molar-refractivity contribution < 1.29 is 9.59 Å². The van der Waals surface area contributed by atoms with Gasteiger partial charge in [-0.15, -0.1) is 11.8 Å². The summed E-state index contributed by atoms with van der Waals surface area (Å²) in [6.07, 6.45) is 0.591. The fourth-order valence-electron chi connectivity index (χ4n) is 2.67. The highest BCUT2D eigenvalue weighted by Crippen LogP contribution is 2.27. The third-order valence-corrected chi connectivity index (χ3v) is 5.11. The fraction of sp³-hybridized carbons (Fsp3) is 0.556. The molecule has 0 bridgehead atoms. The highest BCUT2D eigenvalue weighted by atomic mass is 32.2. The Morgan fingerprint density at radius 1 is 1.26 bits per heavy atom. The maximum Gasteiger partial charge on any atom is 0.243 e. The summed E-state index contributed by atoms with van der Waals surface area (Å²) in [6, 6.07) is 7.66. The van der Waals surface area contributed by atoms with Gasteiger partial charge in [0.2, 0.25) is 11.8 Å². The van der Waals surface area contributed by atoms with Crippen molar-refractivity contribution in [2.45, 2.75) is 51.4 Å². The average molecular weight is 334 g/mol. The van der Waals surface area contributed by atoms with Gasteiger partial charge in [0.25, 0.3) is 0 Å². The van der Waals surface area contributed by atoms with Crippen LogP contribution in [0.25, 0.3) is 0 Å². The maximum absolute atomic E-state index is 12.7. The van der Waals surface area contributed by atoms with Crippen LogP contribution in [0.2, 0.25) is 0 Å². The molecule has 1 N–H and O–H groups in total. The second kappa shape index (κ2) is 7.39. The molecule has 2 rings (SSSR count). The van der Waals surface area contributed by atoms with Gasteiger partial charge in [-0.3, -0.25) is 9.59 Å². The number of carbonyl (C=O) groups excluding carboxylic acids is 2. The molecule has 0 aromatic heterocycles. The molecule has 0 radical (unpaired) electrons. The number of thioether (sulfide) groups is 1. The standard InChI is InChI=1S/C18H26N2O2S/c1-5-19-17(22)15-10-13-8-6-7-9-14(13)11-20(15)16(21)12-23-18(2,3)4/h6-9,15H,5,10-12H2,1-4H3,(H,19,22)/t15-/m1/s1. The molecule has 5 heteroatoms. The molecule has 1 heterocycles. The van der Waals surface area contributed by atoms with Gasteiger partial charge in [-0.25, -0.2) is 0 Å². The quantitative estimate of drug-likeness (QED) is 0.921. The van der Waals surface area contributed by atoms with Crippen molar-refractivity contribution >= 4 is 23.6 Å². The summed E-state index contributed by atoms with van der Waals surface area (Å²) < 4.78 is 0.0323. The molecule has 126 valence electrons. The van der Waals surface area contributed by atoms with Crippen LogP contribution in [0.3, 0.4) is 0 Å². The Morgan fingerprint density at radius 2 is 1.91 bits per heavy atom.